The summed E-state index contributed by atoms with van der Waals surface area (Å²) in [5.74, 6) is -5.99. The summed E-state index contributed by atoms with van der Waals surface area (Å²) in [5, 5.41) is 54.0. The minimum atomic E-state index is -1.06. The van der Waals surface area contributed by atoms with Gasteiger partial charge in [-0.2, -0.15) is 15.3 Å². The van der Waals surface area contributed by atoms with Gasteiger partial charge in [-0.1, -0.05) is 129 Å². The van der Waals surface area contributed by atoms with E-state index in [2.05, 4.69) is 26.0 Å². The fourth-order valence-corrected chi connectivity index (χ4v) is 15.6. The number of rotatable bonds is 24. The molecule has 6 heterocycles. The second-order valence-electron chi connectivity index (χ2n) is 25.5. The number of hydrogen-bond donors (Lipinski definition) is 6. The lowest BCUT2D eigenvalue weighted by molar-refractivity contribution is -0.137. The molecule has 0 bridgehead atoms. The first-order valence-electron chi connectivity index (χ1n) is 34.4. The minimum absolute atomic E-state index is 0.0150. The predicted octanol–water partition coefficient (Wildman–Crippen LogP) is 20.3. The zero-order valence-electron chi connectivity index (χ0n) is 59.2. The van der Waals surface area contributed by atoms with Gasteiger partial charge in [-0.3, -0.25) is 42.8 Å². The van der Waals surface area contributed by atoms with E-state index in [-0.39, 0.29) is 74.2 Å². The highest BCUT2D eigenvalue weighted by molar-refractivity contribution is 7.22. The normalized spacial score (nSPS) is 11.1. The summed E-state index contributed by atoms with van der Waals surface area (Å²) in [4.78, 5) is 82.8. The fraction of sp³-hybridized carbons (Fsp3) is 0.111. The van der Waals surface area contributed by atoms with Crippen molar-refractivity contribution in [3.8, 4) is 66.8 Å². The molecule has 6 aromatic heterocycles. The average Bonchev–Trinajstić information content (AvgIpc) is 1.66. The average molecular weight is 1740 g/mol. The monoisotopic (exact) mass is 1740 g/mol. The third-order valence-corrected chi connectivity index (χ3v) is 21.0. The van der Waals surface area contributed by atoms with Crippen LogP contribution in [0.4, 0.5) is 8.78 Å². The molecule has 22 nitrogen and oxygen atoms in total. The van der Waals surface area contributed by atoms with Gasteiger partial charge in [0, 0.05) is 105 Å². The first kappa shape index (κ1) is 81.9. The van der Waals surface area contributed by atoms with Crippen molar-refractivity contribution in [3.63, 3.8) is 0 Å². The predicted molar refractivity (Wildman–Crippen MR) is 444 cm³/mol. The number of nitrogens with one attached hydrogen (secondary N) is 3. The van der Waals surface area contributed by atoms with Crippen LogP contribution in [0.15, 0.2) is 199 Å². The molecule has 15 rings (SSSR count). The number of amides is 3. The van der Waals surface area contributed by atoms with Gasteiger partial charge in [0.2, 0.25) is 5.89 Å². The molecule has 9 aromatic carbocycles. The number of halogens is 10. The molecule has 0 spiro atoms. The number of aromatic nitrogens is 9. The number of benzene rings is 9. The number of fused-ring (bicyclic) bond motifs is 3. The van der Waals surface area contributed by atoms with Crippen molar-refractivity contribution in [2.75, 3.05) is 19.6 Å². The van der Waals surface area contributed by atoms with Crippen LogP contribution >= 0.6 is 115 Å². The van der Waals surface area contributed by atoms with Gasteiger partial charge in [0.05, 0.1) is 87.8 Å². The number of hydrogen-bond acceptors (Lipinski definition) is 15. The van der Waals surface area contributed by atoms with E-state index in [0.29, 0.717) is 98.3 Å². The molecule has 34 heteroatoms. The van der Waals surface area contributed by atoms with E-state index >= 15 is 0 Å². The second kappa shape index (κ2) is 36.6. The van der Waals surface area contributed by atoms with E-state index in [1.165, 1.54) is 22.7 Å². The number of aliphatic carboxylic acids is 3. The maximum Gasteiger partial charge on any atom is 0.305 e. The number of carboxylic acid groups (broad SMARTS) is 3. The van der Waals surface area contributed by atoms with Gasteiger partial charge in [-0.05, 0) is 162 Å². The first-order chi connectivity index (χ1) is 55.1. The molecule has 6 N–H and O–H groups in total. The van der Waals surface area contributed by atoms with Crippen molar-refractivity contribution in [2.24, 2.45) is 0 Å². The first-order valence-corrected chi connectivity index (χ1v) is 39.1. The molecule has 582 valence electrons. The van der Waals surface area contributed by atoms with Crippen molar-refractivity contribution in [1.29, 1.82) is 0 Å². The summed E-state index contributed by atoms with van der Waals surface area (Å²) in [6, 6.07) is 55.0. The van der Waals surface area contributed by atoms with Gasteiger partial charge in [-0.25, -0.2) is 23.7 Å². The maximum absolute atomic E-state index is 13.8. The maximum atomic E-state index is 13.8. The van der Waals surface area contributed by atoms with Crippen LogP contribution in [0, 0.1) is 11.6 Å². The molecule has 15 aromatic rings. The molecule has 0 radical (unpaired) electrons. The van der Waals surface area contributed by atoms with Crippen LogP contribution in [-0.4, -0.2) is 115 Å². The second-order valence-corrected chi connectivity index (χ2v) is 31.0. The van der Waals surface area contributed by atoms with E-state index in [1.807, 2.05) is 82.2 Å². The smallest absolute Gasteiger partial charge is 0.305 e. The Morgan fingerprint density at radius 3 is 1.13 bits per heavy atom. The van der Waals surface area contributed by atoms with Crippen LogP contribution in [0.5, 0.6) is 0 Å². The SMILES string of the molecule is O=C(O)CCNC(=O)c1ccc(Cn2nc(-c3cc(Cl)cc(Cl)c3)cc2-c2nc3cc(Cl)ccc3s2)cc1.O=C(O)CCNC(=O)c1ccc(Cn2nc(-c3cc(Cl)cc(Cl)c3)cc2-c2nc3cc(F)c(F)cc3o2)cc1.O=C(O)CCNC(=O)c1ccc(Cn2nc(-c3cc(Cl)cc(Cl)c3)cc2-c2nc3ccc(Cl)cc3s2)cc1. The molecule has 0 fully saturated rings. The lowest BCUT2D eigenvalue weighted by Crippen LogP contribution is -2.25. The van der Waals surface area contributed by atoms with Crippen molar-refractivity contribution < 1.29 is 57.3 Å². The van der Waals surface area contributed by atoms with Gasteiger partial charge in [0.25, 0.3) is 17.7 Å². The highest BCUT2D eigenvalue weighted by atomic mass is 35.5. The summed E-state index contributed by atoms with van der Waals surface area (Å²) in [6.45, 7) is 1.21. The molecule has 0 saturated heterocycles. The summed E-state index contributed by atoms with van der Waals surface area (Å²) in [6.07, 6.45) is -0.449. The largest absolute Gasteiger partial charge is 0.481 e. The van der Waals surface area contributed by atoms with Crippen molar-refractivity contribution >= 4 is 183 Å². The Bertz CT molecular complexity index is 5890. The third-order valence-electron chi connectivity index (χ3n) is 17.1. The van der Waals surface area contributed by atoms with Crippen LogP contribution in [0.1, 0.15) is 67.0 Å². The summed E-state index contributed by atoms with van der Waals surface area (Å²) in [5.41, 5.74) is 11.8. The lowest BCUT2D eigenvalue weighted by atomic mass is 10.1. The van der Waals surface area contributed by atoms with Crippen LogP contribution in [0.3, 0.4) is 0 Å². The Morgan fingerprint density at radius 1 is 0.365 bits per heavy atom. The molecule has 0 unspecified atom stereocenters. The summed E-state index contributed by atoms with van der Waals surface area (Å²) >= 11 is 52.8. The van der Waals surface area contributed by atoms with E-state index in [4.69, 9.17) is 133 Å². The number of carbonyl (C=O) groups is 6. The molecule has 0 aliphatic rings. The van der Waals surface area contributed by atoms with E-state index in [0.717, 1.165) is 81.8 Å². The summed E-state index contributed by atoms with van der Waals surface area (Å²) in [7, 11) is 0. The van der Waals surface area contributed by atoms with Gasteiger partial charge in [0.15, 0.2) is 17.2 Å². The standard InChI is InChI=1S/2C27H19Cl3N4O3S.C27H18Cl2F2N4O4/c28-18-5-6-24-22(12-18)32-27(38-24)23-13-21(17-9-19(29)11-20(30)10-17)33-34(23)14-15-1-3-16(4-2-15)26(37)31-8-7-25(35)36;28-18-5-6-21-24(12-18)38-27(32-21)23-13-22(17-9-19(29)11-20(30)10-17)33-34(23)14-15-1-3-16(4-2-15)26(37)31-8-7-25(35)36;28-17-7-16(8-18(29)9-17)21-12-23(27-33-22-10-19(30)20(31)11-24(22)39-27)35(34-21)13-14-1-3-15(4-2-14)26(38)32-6-5-25(36)37/h2*1-6,9-13H,7-8,14H2,(H,31,37)(H,35,36);1-4,7-12H,5-6,13H2,(H,32,38)(H,36,37). The molecular formula is C81H56Cl8F2N12O10S2. The highest BCUT2D eigenvalue weighted by Crippen LogP contribution is 2.39. The highest BCUT2D eigenvalue weighted by Gasteiger charge is 2.24. The quantitative estimate of drug-likeness (QED) is 0.0327. The minimum Gasteiger partial charge on any atom is -0.481 e. The molecule has 0 saturated carbocycles. The Morgan fingerprint density at radius 2 is 0.722 bits per heavy atom. The fourth-order valence-electron chi connectivity index (χ4n) is 11.7. The molecule has 0 atom stereocenters. The molecular weight excluding hydrogens is 1690 g/mol. The Balaban J connectivity index is 0.000000150. The zero-order valence-corrected chi connectivity index (χ0v) is 66.8. The van der Waals surface area contributed by atoms with Crippen LogP contribution in [0.25, 0.3) is 98.3 Å². The number of oxazole rings is 1. The van der Waals surface area contributed by atoms with Gasteiger partial charge in [-0.15, -0.1) is 22.7 Å². The molecule has 0 aliphatic heterocycles. The van der Waals surface area contributed by atoms with Gasteiger partial charge >= 0.3 is 17.9 Å². The number of carbonyl (C=O) groups excluding carboxylic acids is 3. The Kier molecular flexibility index (Phi) is 26.0. The van der Waals surface area contributed by atoms with E-state index < -0.39 is 35.4 Å². The lowest BCUT2D eigenvalue weighted by Gasteiger charge is -2.08. The van der Waals surface area contributed by atoms with Crippen molar-refractivity contribution in [1.82, 2.24) is 60.2 Å². The summed E-state index contributed by atoms with van der Waals surface area (Å²) < 4.78 is 40.5. The van der Waals surface area contributed by atoms with Gasteiger partial charge < -0.3 is 35.7 Å². The number of thiazole rings is 2. The molecule has 115 heavy (non-hydrogen) atoms. The zero-order chi connectivity index (χ0) is 81.3. The topological polar surface area (TPSA) is 304 Å². The van der Waals surface area contributed by atoms with Crippen LogP contribution in [-0.2, 0) is 34.0 Å². The Hall–Kier alpha value is -11.1. The number of nitrogens with zero attached hydrogens (tertiary/aromatic N) is 9. The van der Waals surface area contributed by atoms with E-state index in [1.54, 1.807) is 114 Å². The van der Waals surface area contributed by atoms with Crippen LogP contribution in [0.2, 0.25) is 40.2 Å². The Labute approximate surface area is 699 Å². The van der Waals surface area contributed by atoms with Gasteiger partial charge in [0.1, 0.15) is 21.2 Å². The van der Waals surface area contributed by atoms with Crippen molar-refractivity contribution in [2.45, 2.75) is 38.9 Å². The molecule has 0 aliphatic carbocycles. The van der Waals surface area contributed by atoms with Crippen LogP contribution < -0.4 is 16.0 Å². The van der Waals surface area contributed by atoms with E-state index in [9.17, 15) is 37.5 Å². The van der Waals surface area contributed by atoms with Crippen molar-refractivity contribution in [3.05, 3.63) is 279 Å². The molecule has 3 amide bonds. The third kappa shape index (κ3) is 21.1. The number of carboxylic acids is 3.